The van der Waals surface area contributed by atoms with Gasteiger partial charge in [0.05, 0.1) is 22.6 Å². The van der Waals surface area contributed by atoms with Crippen molar-refractivity contribution in [3.63, 3.8) is 0 Å². The van der Waals surface area contributed by atoms with Crippen LogP contribution in [0.25, 0.3) is 5.69 Å². The second-order valence-corrected chi connectivity index (χ2v) is 6.95. The molecule has 7 heteroatoms. The van der Waals surface area contributed by atoms with Gasteiger partial charge in [0.2, 0.25) is 10.0 Å². The van der Waals surface area contributed by atoms with Crippen LogP contribution in [0.1, 0.15) is 29.8 Å². The van der Waals surface area contributed by atoms with Crippen molar-refractivity contribution in [2.24, 2.45) is 5.14 Å². The average Bonchev–Trinajstić information content (AvgIpc) is 2.83. The lowest BCUT2D eigenvalue weighted by Gasteiger charge is -2.17. The summed E-state index contributed by atoms with van der Waals surface area (Å²) in [5.41, 5.74) is 9.77. The van der Waals surface area contributed by atoms with E-state index in [1.165, 1.54) is 6.07 Å². The fraction of sp³-hybridized carbons (Fsp3) is 0.357. The summed E-state index contributed by atoms with van der Waals surface area (Å²) in [5.74, 6) is 0. The zero-order valence-corrected chi connectivity index (χ0v) is 12.7. The molecule has 0 unspecified atom stereocenters. The zero-order chi connectivity index (χ0) is 15.2. The highest BCUT2D eigenvalue weighted by Gasteiger charge is 2.21. The molecule has 1 aromatic carbocycles. The average molecular weight is 306 g/mol. The largest absolute Gasteiger partial charge is 0.399 e. The van der Waals surface area contributed by atoms with Gasteiger partial charge in [-0.05, 0) is 50.3 Å². The van der Waals surface area contributed by atoms with Crippen molar-refractivity contribution >= 4 is 15.7 Å². The monoisotopic (exact) mass is 306 g/mol. The summed E-state index contributed by atoms with van der Waals surface area (Å²) in [6, 6.07) is 3.16. The number of hydrogen-bond acceptors (Lipinski definition) is 4. The Bertz CT molecular complexity index is 809. The number of aryl methyl sites for hydroxylation is 1. The molecule has 0 bridgehead atoms. The van der Waals surface area contributed by atoms with Gasteiger partial charge in [-0.25, -0.2) is 18.5 Å². The quantitative estimate of drug-likeness (QED) is 0.816. The minimum Gasteiger partial charge on any atom is -0.399 e. The number of aromatic nitrogens is 2. The molecule has 0 saturated heterocycles. The van der Waals surface area contributed by atoms with Gasteiger partial charge in [-0.3, -0.25) is 0 Å². The van der Waals surface area contributed by atoms with E-state index in [4.69, 9.17) is 10.9 Å². The summed E-state index contributed by atoms with van der Waals surface area (Å²) in [6.07, 6.45) is 5.90. The van der Waals surface area contributed by atoms with Crippen LogP contribution in [0.15, 0.2) is 23.4 Å². The summed E-state index contributed by atoms with van der Waals surface area (Å²) in [4.78, 5) is 4.50. The maximum atomic E-state index is 11.7. The van der Waals surface area contributed by atoms with E-state index in [9.17, 15) is 8.42 Å². The van der Waals surface area contributed by atoms with Gasteiger partial charge in [0.1, 0.15) is 0 Å². The topological polar surface area (TPSA) is 104 Å². The third-order valence-electron chi connectivity index (χ3n) is 3.95. The van der Waals surface area contributed by atoms with E-state index in [1.807, 2.05) is 4.57 Å². The molecule has 2 aromatic rings. The maximum absolute atomic E-state index is 11.7. The van der Waals surface area contributed by atoms with Crippen molar-refractivity contribution in [2.75, 3.05) is 5.73 Å². The second kappa shape index (κ2) is 4.85. The SMILES string of the molecule is Cc1c(-n2cnc3c2CCCC3)cc(N)cc1S(N)(=O)=O. The van der Waals surface area contributed by atoms with Crippen LogP contribution in [0.4, 0.5) is 5.69 Å². The molecule has 1 aliphatic rings. The molecule has 6 nitrogen and oxygen atoms in total. The van der Waals surface area contributed by atoms with Gasteiger partial charge in [-0.15, -0.1) is 0 Å². The van der Waals surface area contributed by atoms with E-state index in [2.05, 4.69) is 4.98 Å². The van der Waals surface area contributed by atoms with Gasteiger partial charge in [0.15, 0.2) is 0 Å². The number of fused-ring (bicyclic) bond motifs is 1. The Morgan fingerprint density at radius 2 is 1.95 bits per heavy atom. The molecular weight excluding hydrogens is 288 g/mol. The van der Waals surface area contributed by atoms with Crippen molar-refractivity contribution < 1.29 is 8.42 Å². The minimum atomic E-state index is -3.80. The van der Waals surface area contributed by atoms with Crippen LogP contribution in [0.3, 0.4) is 0 Å². The smallest absolute Gasteiger partial charge is 0.238 e. The summed E-state index contributed by atoms with van der Waals surface area (Å²) in [7, 11) is -3.80. The first-order chi connectivity index (χ1) is 9.88. The Morgan fingerprint density at radius 1 is 1.24 bits per heavy atom. The van der Waals surface area contributed by atoms with E-state index in [1.54, 1.807) is 19.3 Å². The molecule has 0 radical (unpaired) electrons. The van der Waals surface area contributed by atoms with Crippen molar-refractivity contribution in [1.82, 2.24) is 9.55 Å². The molecule has 0 aliphatic heterocycles. The lowest BCUT2D eigenvalue weighted by atomic mass is 10.0. The van der Waals surface area contributed by atoms with Crippen molar-refractivity contribution in [3.05, 3.63) is 35.4 Å². The number of primary sulfonamides is 1. The minimum absolute atomic E-state index is 0.0655. The summed E-state index contributed by atoms with van der Waals surface area (Å²) in [6.45, 7) is 1.74. The van der Waals surface area contributed by atoms with Crippen LogP contribution in [-0.2, 0) is 22.9 Å². The van der Waals surface area contributed by atoms with E-state index in [0.29, 0.717) is 11.3 Å². The van der Waals surface area contributed by atoms with Crippen LogP contribution in [0.2, 0.25) is 0 Å². The number of nitrogens with zero attached hydrogens (tertiary/aromatic N) is 2. The molecule has 112 valence electrons. The van der Waals surface area contributed by atoms with Gasteiger partial charge in [0, 0.05) is 11.4 Å². The molecule has 1 heterocycles. The third kappa shape index (κ3) is 2.43. The lowest BCUT2D eigenvalue weighted by Crippen LogP contribution is -2.16. The van der Waals surface area contributed by atoms with Crippen LogP contribution in [0.5, 0.6) is 0 Å². The predicted molar refractivity (Wildman–Crippen MR) is 80.7 cm³/mol. The molecule has 21 heavy (non-hydrogen) atoms. The van der Waals surface area contributed by atoms with E-state index in [0.717, 1.165) is 42.8 Å². The Labute approximate surface area is 123 Å². The molecule has 0 amide bonds. The van der Waals surface area contributed by atoms with Gasteiger partial charge >= 0.3 is 0 Å². The molecule has 4 N–H and O–H groups in total. The lowest BCUT2D eigenvalue weighted by molar-refractivity contribution is 0.597. The first-order valence-electron chi connectivity index (χ1n) is 6.86. The number of rotatable bonds is 2. The van der Waals surface area contributed by atoms with Crippen LogP contribution in [-0.4, -0.2) is 18.0 Å². The number of anilines is 1. The highest BCUT2D eigenvalue weighted by Crippen LogP contribution is 2.29. The Kier molecular flexibility index (Phi) is 3.26. The number of nitrogens with two attached hydrogens (primary N) is 2. The number of sulfonamides is 1. The molecule has 1 aromatic heterocycles. The summed E-state index contributed by atoms with van der Waals surface area (Å²) < 4.78 is 25.4. The normalized spacial score (nSPS) is 15.0. The van der Waals surface area contributed by atoms with Gasteiger partial charge < -0.3 is 10.3 Å². The van der Waals surface area contributed by atoms with Gasteiger partial charge in [0.25, 0.3) is 0 Å². The number of imidazole rings is 1. The van der Waals surface area contributed by atoms with E-state index < -0.39 is 10.0 Å². The molecule has 3 rings (SSSR count). The number of hydrogen-bond donors (Lipinski definition) is 2. The highest BCUT2D eigenvalue weighted by molar-refractivity contribution is 7.89. The summed E-state index contributed by atoms with van der Waals surface area (Å²) >= 11 is 0. The second-order valence-electron chi connectivity index (χ2n) is 5.42. The van der Waals surface area contributed by atoms with E-state index >= 15 is 0 Å². The molecule has 0 spiro atoms. The van der Waals surface area contributed by atoms with Crippen molar-refractivity contribution in [2.45, 2.75) is 37.5 Å². The molecular formula is C14H18N4O2S. The predicted octanol–water partition coefficient (Wildman–Crippen LogP) is 1.29. The standard InChI is InChI=1S/C14H18N4O2S/c1-9-13(6-10(15)7-14(9)21(16,19)20)18-8-17-11-4-2-3-5-12(11)18/h6-8H,2-5,15H2,1H3,(H2,16,19,20). The first-order valence-corrected chi connectivity index (χ1v) is 8.41. The number of benzene rings is 1. The Balaban J connectivity index is 2.24. The highest BCUT2D eigenvalue weighted by atomic mass is 32.2. The van der Waals surface area contributed by atoms with E-state index in [-0.39, 0.29) is 4.90 Å². The summed E-state index contributed by atoms with van der Waals surface area (Å²) in [5, 5.41) is 5.28. The molecule has 1 aliphatic carbocycles. The number of nitrogen functional groups attached to an aromatic ring is 1. The Morgan fingerprint density at radius 3 is 2.67 bits per heavy atom. The first kappa shape index (κ1) is 14.1. The maximum Gasteiger partial charge on any atom is 0.238 e. The van der Waals surface area contributed by atoms with Crippen molar-refractivity contribution in [3.8, 4) is 5.69 Å². The fourth-order valence-electron chi connectivity index (χ4n) is 2.92. The van der Waals surface area contributed by atoms with Crippen LogP contribution in [0, 0.1) is 6.92 Å². The van der Waals surface area contributed by atoms with Gasteiger partial charge in [-0.2, -0.15) is 0 Å². The third-order valence-corrected chi connectivity index (χ3v) is 4.99. The fourth-order valence-corrected chi connectivity index (χ4v) is 3.75. The molecule has 0 fully saturated rings. The van der Waals surface area contributed by atoms with Crippen molar-refractivity contribution in [1.29, 1.82) is 0 Å². The molecule has 0 atom stereocenters. The Hall–Kier alpha value is -1.86. The van der Waals surface area contributed by atoms with Gasteiger partial charge in [-0.1, -0.05) is 0 Å². The zero-order valence-electron chi connectivity index (χ0n) is 11.8. The van der Waals surface area contributed by atoms with Crippen LogP contribution >= 0.6 is 0 Å². The van der Waals surface area contributed by atoms with Crippen LogP contribution < -0.4 is 10.9 Å². The molecule has 0 saturated carbocycles.